The van der Waals surface area contributed by atoms with Crippen LogP contribution in [0.4, 0.5) is 0 Å². The molecule has 3 aromatic carbocycles. The second kappa shape index (κ2) is 5.57. The summed E-state index contributed by atoms with van der Waals surface area (Å²) >= 11 is 0. The smallest absolute Gasteiger partial charge is 0.231 e. The molecule has 0 saturated heterocycles. The molecule has 114 valence electrons. The summed E-state index contributed by atoms with van der Waals surface area (Å²) in [4.78, 5) is 0. The summed E-state index contributed by atoms with van der Waals surface area (Å²) in [5.74, 6) is 1.95. The highest BCUT2D eigenvalue weighted by atomic mass is 16.7. The van der Waals surface area contributed by atoms with Crippen molar-refractivity contribution in [2.75, 3.05) is 6.79 Å². The quantitative estimate of drug-likeness (QED) is 0.511. The van der Waals surface area contributed by atoms with E-state index in [0.29, 0.717) is 12.5 Å². The molecule has 0 bridgehead atoms. The van der Waals surface area contributed by atoms with Gasteiger partial charge in [-0.05, 0) is 47.2 Å². The normalized spacial score (nSPS) is 12.2. The van der Waals surface area contributed by atoms with Crippen LogP contribution in [-0.2, 0) is 0 Å². The van der Waals surface area contributed by atoms with E-state index < -0.39 is 0 Å². The first-order valence-electron chi connectivity index (χ1n) is 7.23. The van der Waals surface area contributed by atoms with E-state index in [1.807, 2.05) is 18.2 Å². The molecule has 0 aliphatic carbocycles. The Bertz CT molecular complexity index is 900. The Kier molecular flexibility index (Phi) is 3.27. The monoisotopic (exact) mass is 306 g/mol. The number of aromatic hydroxyl groups is 1. The first-order valence-corrected chi connectivity index (χ1v) is 7.23. The molecular formula is C19H14O4. The standard InChI is InChI=1S/C13H8O3.C6H6O/c1-8-3-12-13(16-7-15-12)4-9(8)2-11-6-14-5-10(1)11;7-6-4-2-1-3-5-6/h1-6H,7H2;1-5,7H. The van der Waals surface area contributed by atoms with E-state index in [1.165, 1.54) is 0 Å². The first-order chi connectivity index (χ1) is 11.3. The lowest BCUT2D eigenvalue weighted by Crippen LogP contribution is -1.92. The zero-order valence-electron chi connectivity index (χ0n) is 12.2. The number of furan rings is 1. The van der Waals surface area contributed by atoms with E-state index in [4.69, 9.17) is 19.0 Å². The van der Waals surface area contributed by atoms with Crippen LogP contribution >= 0.6 is 0 Å². The highest BCUT2D eigenvalue weighted by molar-refractivity contribution is 5.99. The molecule has 5 rings (SSSR count). The number of benzene rings is 3. The van der Waals surface area contributed by atoms with Crippen LogP contribution in [0.5, 0.6) is 17.2 Å². The zero-order valence-corrected chi connectivity index (χ0v) is 12.2. The fourth-order valence-corrected chi connectivity index (χ4v) is 2.54. The van der Waals surface area contributed by atoms with Crippen molar-refractivity contribution < 1.29 is 19.0 Å². The van der Waals surface area contributed by atoms with Crippen molar-refractivity contribution in [1.29, 1.82) is 0 Å². The first kappa shape index (κ1) is 13.5. The lowest BCUT2D eigenvalue weighted by atomic mass is 10.1. The van der Waals surface area contributed by atoms with Gasteiger partial charge in [-0.2, -0.15) is 0 Å². The van der Waals surface area contributed by atoms with E-state index in [1.54, 1.807) is 36.8 Å². The van der Waals surface area contributed by atoms with Crippen LogP contribution in [0.3, 0.4) is 0 Å². The van der Waals surface area contributed by atoms with E-state index in [0.717, 1.165) is 33.0 Å². The summed E-state index contributed by atoms with van der Waals surface area (Å²) < 4.78 is 15.9. The van der Waals surface area contributed by atoms with Gasteiger partial charge in [0, 0.05) is 10.8 Å². The average Bonchev–Trinajstić information content (AvgIpc) is 3.20. The molecular weight excluding hydrogens is 292 g/mol. The van der Waals surface area contributed by atoms with Crippen LogP contribution in [-0.4, -0.2) is 11.9 Å². The number of hydrogen-bond acceptors (Lipinski definition) is 4. The molecule has 0 atom stereocenters. The summed E-state index contributed by atoms with van der Waals surface area (Å²) in [6.45, 7) is 0.312. The summed E-state index contributed by atoms with van der Waals surface area (Å²) in [6, 6.07) is 16.9. The van der Waals surface area contributed by atoms with Gasteiger partial charge in [0.05, 0.1) is 12.5 Å². The number of phenols is 1. The van der Waals surface area contributed by atoms with Crippen molar-refractivity contribution in [3.05, 3.63) is 67.1 Å². The van der Waals surface area contributed by atoms with Gasteiger partial charge >= 0.3 is 0 Å². The van der Waals surface area contributed by atoms with Crippen molar-refractivity contribution in [1.82, 2.24) is 0 Å². The molecule has 0 amide bonds. The number of hydrogen-bond donors (Lipinski definition) is 1. The van der Waals surface area contributed by atoms with E-state index in [-0.39, 0.29) is 0 Å². The Balaban J connectivity index is 0.000000164. The van der Waals surface area contributed by atoms with Crippen molar-refractivity contribution in [3.8, 4) is 17.2 Å². The topological polar surface area (TPSA) is 51.8 Å². The molecule has 0 fully saturated rings. The highest BCUT2D eigenvalue weighted by Crippen LogP contribution is 2.37. The van der Waals surface area contributed by atoms with Gasteiger partial charge in [-0.15, -0.1) is 0 Å². The Morgan fingerprint density at radius 1 is 0.696 bits per heavy atom. The molecule has 1 N–H and O–H groups in total. The van der Waals surface area contributed by atoms with Gasteiger partial charge < -0.3 is 19.0 Å². The summed E-state index contributed by atoms with van der Waals surface area (Å²) in [5.41, 5.74) is 0. The van der Waals surface area contributed by atoms with Crippen LogP contribution in [0.25, 0.3) is 21.5 Å². The molecule has 4 aromatic rings. The van der Waals surface area contributed by atoms with Gasteiger partial charge in [-0.3, -0.25) is 0 Å². The van der Waals surface area contributed by atoms with Gasteiger partial charge in [-0.1, -0.05) is 18.2 Å². The fourth-order valence-electron chi connectivity index (χ4n) is 2.54. The molecule has 0 saturated carbocycles. The summed E-state index contributed by atoms with van der Waals surface area (Å²) in [5, 5.41) is 13.1. The van der Waals surface area contributed by atoms with Crippen LogP contribution in [0.15, 0.2) is 71.5 Å². The average molecular weight is 306 g/mol. The van der Waals surface area contributed by atoms with Gasteiger partial charge in [0.15, 0.2) is 11.5 Å². The second-order valence-corrected chi connectivity index (χ2v) is 5.24. The van der Waals surface area contributed by atoms with E-state index in [2.05, 4.69) is 12.1 Å². The Labute approximate surface area is 132 Å². The lowest BCUT2D eigenvalue weighted by molar-refractivity contribution is 0.174. The van der Waals surface area contributed by atoms with Crippen LogP contribution in [0, 0.1) is 0 Å². The minimum atomic E-state index is 0.312. The Morgan fingerprint density at radius 2 is 1.26 bits per heavy atom. The van der Waals surface area contributed by atoms with Crippen LogP contribution in [0.1, 0.15) is 0 Å². The zero-order chi connectivity index (χ0) is 15.6. The third-order valence-electron chi connectivity index (χ3n) is 3.68. The molecule has 0 unspecified atom stereocenters. The maximum Gasteiger partial charge on any atom is 0.231 e. The van der Waals surface area contributed by atoms with E-state index >= 15 is 0 Å². The van der Waals surface area contributed by atoms with Crippen molar-refractivity contribution in [2.24, 2.45) is 0 Å². The minimum absolute atomic E-state index is 0.312. The predicted octanol–water partition coefficient (Wildman–Crippen LogP) is 4.71. The molecule has 1 aliphatic heterocycles. The van der Waals surface area contributed by atoms with Gasteiger partial charge in [0.25, 0.3) is 0 Å². The maximum absolute atomic E-state index is 8.63. The largest absolute Gasteiger partial charge is 0.508 e. The van der Waals surface area contributed by atoms with Crippen LogP contribution in [0.2, 0.25) is 0 Å². The van der Waals surface area contributed by atoms with E-state index in [9.17, 15) is 0 Å². The Morgan fingerprint density at radius 3 is 1.74 bits per heavy atom. The van der Waals surface area contributed by atoms with Crippen LogP contribution < -0.4 is 9.47 Å². The fraction of sp³-hybridized carbons (Fsp3) is 0.0526. The van der Waals surface area contributed by atoms with Gasteiger partial charge in [0.1, 0.15) is 5.75 Å². The molecule has 23 heavy (non-hydrogen) atoms. The predicted molar refractivity (Wildman–Crippen MR) is 87.9 cm³/mol. The highest BCUT2D eigenvalue weighted by Gasteiger charge is 2.14. The molecule has 2 heterocycles. The molecule has 4 heteroatoms. The lowest BCUT2D eigenvalue weighted by Gasteiger charge is -2.00. The molecule has 0 radical (unpaired) electrons. The summed E-state index contributed by atoms with van der Waals surface area (Å²) in [7, 11) is 0. The molecule has 1 aromatic heterocycles. The van der Waals surface area contributed by atoms with Gasteiger partial charge in [-0.25, -0.2) is 0 Å². The SMILES string of the molecule is Oc1ccccc1.c1occ2cc3cc4c(cc3cc12)OCO4. The summed E-state index contributed by atoms with van der Waals surface area (Å²) in [6.07, 6.45) is 3.50. The third-order valence-corrected chi connectivity index (χ3v) is 3.68. The second-order valence-electron chi connectivity index (χ2n) is 5.24. The van der Waals surface area contributed by atoms with Crippen molar-refractivity contribution >= 4 is 21.5 Å². The van der Waals surface area contributed by atoms with Crippen molar-refractivity contribution in [3.63, 3.8) is 0 Å². The Hall–Kier alpha value is -3.14. The number of para-hydroxylation sites is 1. The number of fused-ring (bicyclic) bond motifs is 3. The van der Waals surface area contributed by atoms with Gasteiger partial charge in [0.2, 0.25) is 6.79 Å². The maximum atomic E-state index is 8.63. The molecule has 4 nitrogen and oxygen atoms in total. The molecule has 1 aliphatic rings. The minimum Gasteiger partial charge on any atom is -0.508 e. The third kappa shape index (κ3) is 2.66. The number of ether oxygens (including phenoxy) is 2. The number of rotatable bonds is 0. The van der Waals surface area contributed by atoms with Crippen molar-refractivity contribution in [2.45, 2.75) is 0 Å². The number of phenolic OH excluding ortho intramolecular Hbond substituents is 1. The molecule has 0 spiro atoms.